The van der Waals surface area contributed by atoms with Gasteiger partial charge in [0.15, 0.2) is 0 Å². The van der Waals surface area contributed by atoms with E-state index in [1.54, 1.807) is 10.9 Å². The molecule has 1 fully saturated rings. The van der Waals surface area contributed by atoms with E-state index in [0.717, 1.165) is 0 Å². The van der Waals surface area contributed by atoms with Crippen LogP contribution in [0.1, 0.15) is 4.94 Å². The van der Waals surface area contributed by atoms with Crippen molar-refractivity contribution in [1.82, 2.24) is 19.5 Å². The summed E-state index contributed by atoms with van der Waals surface area (Å²) < 4.78 is 1.72. The number of fused-ring (bicyclic) bond motifs is 1. The molecule has 1 aliphatic rings. The van der Waals surface area contributed by atoms with Crippen LogP contribution < -0.4 is 5.73 Å². The van der Waals surface area contributed by atoms with Crippen molar-refractivity contribution in [2.24, 2.45) is 0 Å². The summed E-state index contributed by atoms with van der Waals surface area (Å²) in [5, 5.41) is 20.2. The van der Waals surface area contributed by atoms with Crippen molar-refractivity contribution in [3.8, 4) is 0 Å². The van der Waals surface area contributed by atoms with Crippen LogP contribution in [-0.2, 0) is 0 Å². The van der Waals surface area contributed by atoms with Crippen molar-refractivity contribution < 1.29 is 10.2 Å². The van der Waals surface area contributed by atoms with E-state index in [9.17, 15) is 10.2 Å². The summed E-state index contributed by atoms with van der Waals surface area (Å²) >= 11 is 5.84. The minimum absolute atomic E-state index is 0.0438. The maximum atomic E-state index is 9.94. The first-order valence-electron chi connectivity index (χ1n) is 5.21. The third kappa shape index (κ3) is 1.77. The predicted molar refractivity (Wildman–Crippen MR) is 66.4 cm³/mol. The molecule has 0 amide bonds. The van der Waals surface area contributed by atoms with E-state index in [-0.39, 0.29) is 31.0 Å². The predicted octanol–water partition coefficient (Wildman–Crippen LogP) is -0.582. The standard InChI is InChI=1S/C9H10ClN5O2Se/c10-9-13-6(11)4-7(14-9)15(2-12-4)8-5(17)3(16)1-18-8/h2-3,5,8,16-17H,1H2,(H2,11,13,14)/t3-,5-,8-/m1/s1. The number of nitrogen functional groups attached to an aromatic ring is 1. The summed E-state index contributed by atoms with van der Waals surface area (Å²) in [6.45, 7) is 0. The van der Waals surface area contributed by atoms with Gasteiger partial charge in [0, 0.05) is 0 Å². The number of halogens is 1. The molecular weight excluding hydrogens is 325 g/mol. The second kappa shape index (κ2) is 4.32. The zero-order valence-corrected chi connectivity index (χ0v) is 11.5. The first kappa shape index (κ1) is 12.1. The van der Waals surface area contributed by atoms with Crippen LogP contribution in [0.15, 0.2) is 6.33 Å². The van der Waals surface area contributed by atoms with Gasteiger partial charge in [0.1, 0.15) is 0 Å². The van der Waals surface area contributed by atoms with E-state index in [2.05, 4.69) is 15.0 Å². The molecule has 0 bridgehead atoms. The molecule has 3 atom stereocenters. The van der Waals surface area contributed by atoms with Crippen molar-refractivity contribution in [2.75, 3.05) is 5.73 Å². The number of nitrogens with zero attached hydrogens (tertiary/aromatic N) is 4. The number of nitrogens with two attached hydrogens (primary N) is 1. The van der Waals surface area contributed by atoms with E-state index in [4.69, 9.17) is 17.3 Å². The molecule has 0 spiro atoms. The molecule has 1 aliphatic heterocycles. The average molecular weight is 335 g/mol. The SMILES string of the molecule is Nc1nc(Cl)nc2c1ncn2[C@@H]1[Se]C[C@@H](O)[C@H]1O. The Balaban J connectivity index is 2.13. The van der Waals surface area contributed by atoms with Crippen LogP contribution in [0.2, 0.25) is 10.6 Å². The Kier molecular flexibility index (Phi) is 2.91. The molecule has 1 saturated heterocycles. The molecule has 3 rings (SSSR count). The number of hydrogen-bond acceptors (Lipinski definition) is 6. The van der Waals surface area contributed by atoms with Gasteiger partial charge in [-0.15, -0.1) is 0 Å². The summed E-state index contributed by atoms with van der Waals surface area (Å²) in [6, 6.07) is 0. The number of rotatable bonds is 1. The first-order chi connectivity index (χ1) is 8.58. The molecule has 0 aromatic carbocycles. The summed E-state index contributed by atoms with van der Waals surface area (Å²) in [5.74, 6) is 0.212. The molecule has 3 heterocycles. The third-order valence-corrected chi connectivity index (χ3v) is 5.89. The normalized spacial score (nSPS) is 28.1. The second-order valence-corrected chi connectivity index (χ2v) is 6.73. The zero-order valence-electron chi connectivity index (χ0n) is 9.06. The molecule has 96 valence electrons. The van der Waals surface area contributed by atoms with Gasteiger partial charge in [0.05, 0.1) is 0 Å². The Bertz CT molecular complexity index is 606. The monoisotopic (exact) mass is 335 g/mol. The fourth-order valence-corrected chi connectivity index (χ4v) is 4.79. The minimum atomic E-state index is -0.808. The van der Waals surface area contributed by atoms with Crippen molar-refractivity contribution in [2.45, 2.75) is 22.5 Å². The fraction of sp³-hybridized carbons (Fsp3) is 0.444. The Labute approximate surface area is 113 Å². The molecule has 2 aromatic rings. The second-order valence-electron chi connectivity index (χ2n) is 3.98. The number of aliphatic hydroxyl groups excluding tert-OH is 2. The van der Waals surface area contributed by atoms with Gasteiger partial charge in [0.2, 0.25) is 0 Å². The number of aromatic nitrogens is 4. The van der Waals surface area contributed by atoms with Crippen LogP contribution in [-0.4, -0.2) is 56.9 Å². The van der Waals surface area contributed by atoms with E-state index in [0.29, 0.717) is 16.5 Å². The molecule has 0 saturated carbocycles. The van der Waals surface area contributed by atoms with Gasteiger partial charge in [-0.2, -0.15) is 0 Å². The average Bonchev–Trinajstić information content (AvgIpc) is 2.85. The molecule has 0 radical (unpaired) electrons. The van der Waals surface area contributed by atoms with Crippen molar-refractivity contribution in [3.63, 3.8) is 0 Å². The van der Waals surface area contributed by atoms with E-state index < -0.39 is 12.2 Å². The number of imidazole rings is 1. The Hall–Kier alpha value is -0.921. The van der Waals surface area contributed by atoms with Crippen LogP contribution in [0.3, 0.4) is 0 Å². The fourth-order valence-electron chi connectivity index (χ4n) is 1.93. The summed E-state index contributed by atoms with van der Waals surface area (Å²) in [4.78, 5) is 11.8. The van der Waals surface area contributed by atoms with Crippen molar-refractivity contribution in [1.29, 1.82) is 0 Å². The Morgan fingerprint density at radius 2 is 2.22 bits per heavy atom. The van der Waals surface area contributed by atoms with E-state index in [1.807, 2.05) is 0 Å². The van der Waals surface area contributed by atoms with Gasteiger partial charge in [-0.05, 0) is 0 Å². The van der Waals surface area contributed by atoms with Crippen LogP contribution in [0.5, 0.6) is 0 Å². The maximum absolute atomic E-state index is 9.94. The van der Waals surface area contributed by atoms with Gasteiger partial charge in [-0.25, -0.2) is 0 Å². The van der Waals surface area contributed by atoms with E-state index >= 15 is 0 Å². The van der Waals surface area contributed by atoms with Gasteiger partial charge in [-0.3, -0.25) is 0 Å². The number of aliphatic hydroxyl groups is 2. The molecule has 18 heavy (non-hydrogen) atoms. The summed E-state index contributed by atoms with van der Waals surface area (Å²) in [6.07, 6.45) is 0.0548. The third-order valence-electron chi connectivity index (χ3n) is 2.82. The van der Waals surface area contributed by atoms with Crippen molar-refractivity contribution in [3.05, 3.63) is 11.6 Å². The van der Waals surface area contributed by atoms with Gasteiger partial charge < -0.3 is 0 Å². The Morgan fingerprint density at radius 1 is 1.44 bits per heavy atom. The van der Waals surface area contributed by atoms with Gasteiger partial charge in [-0.1, -0.05) is 0 Å². The zero-order chi connectivity index (χ0) is 12.9. The van der Waals surface area contributed by atoms with Crippen LogP contribution in [0, 0.1) is 0 Å². The van der Waals surface area contributed by atoms with Crippen LogP contribution >= 0.6 is 11.6 Å². The quantitative estimate of drug-likeness (QED) is 0.475. The molecule has 9 heteroatoms. The molecule has 4 N–H and O–H groups in total. The molecular formula is C9H10ClN5O2Se. The van der Waals surface area contributed by atoms with Crippen molar-refractivity contribution >= 4 is 43.5 Å². The molecule has 7 nitrogen and oxygen atoms in total. The summed E-state index contributed by atoms with van der Waals surface area (Å²) in [5.41, 5.74) is 6.67. The molecule has 0 unspecified atom stereocenters. The van der Waals surface area contributed by atoms with E-state index in [1.165, 1.54) is 0 Å². The first-order valence-corrected chi connectivity index (χ1v) is 7.79. The summed E-state index contributed by atoms with van der Waals surface area (Å²) in [7, 11) is 0. The van der Waals surface area contributed by atoms with Crippen LogP contribution in [0.4, 0.5) is 5.82 Å². The molecule has 2 aromatic heterocycles. The van der Waals surface area contributed by atoms with Gasteiger partial charge >= 0.3 is 113 Å². The van der Waals surface area contributed by atoms with Gasteiger partial charge in [0.25, 0.3) is 0 Å². The van der Waals surface area contributed by atoms with Crippen LogP contribution in [0.25, 0.3) is 11.2 Å². The molecule has 0 aliphatic carbocycles. The number of anilines is 1. The Morgan fingerprint density at radius 3 is 2.89 bits per heavy atom. The topological polar surface area (TPSA) is 110 Å². The number of hydrogen-bond donors (Lipinski definition) is 3.